The lowest BCUT2D eigenvalue weighted by Crippen LogP contribution is -2.35. The third-order valence-corrected chi connectivity index (χ3v) is 7.95. The summed E-state index contributed by atoms with van der Waals surface area (Å²) in [6, 6.07) is 0.586. The van der Waals surface area contributed by atoms with E-state index >= 15 is 0 Å². The molecule has 0 amide bonds. The van der Waals surface area contributed by atoms with Gasteiger partial charge in [-0.1, -0.05) is 0 Å². The van der Waals surface area contributed by atoms with Gasteiger partial charge in [-0.3, -0.25) is 9.48 Å². The Morgan fingerprint density at radius 1 is 1.27 bits per heavy atom. The van der Waals surface area contributed by atoms with Crippen molar-refractivity contribution >= 4 is 39.2 Å². The largest absolute Gasteiger partial charge is 0.481 e. The van der Waals surface area contributed by atoms with Crippen molar-refractivity contribution in [3.05, 3.63) is 22.8 Å². The summed E-state index contributed by atoms with van der Waals surface area (Å²) in [7, 11) is 6.13. The summed E-state index contributed by atoms with van der Waals surface area (Å²) in [4.78, 5) is 25.4. The number of nitrogens with zero attached hydrogens (tertiary/aromatic N) is 5. The Balaban J connectivity index is 1.50. The lowest BCUT2D eigenvalue weighted by Gasteiger charge is -2.32. The molecule has 1 unspecified atom stereocenters. The van der Waals surface area contributed by atoms with Crippen LogP contribution in [0.25, 0.3) is 10.2 Å². The number of aliphatic carboxylic acids is 1. The maximum absolute atomic E-state index is 11.5. The number of ether oxygens (including phenoxy) is 1. The van der Waals surface area contributed by atoms with E-state index in [0.29, 0.717) is 17.9 Å². The summed E-state index contributed by atoms with van der Waals surface area (Å²) in [5.74, 6) is 0.267. The molecular weight excluding hydrogens is 440 g/mol. The molecule has 1 saturated carbocycles. The Labute approximate surface area is 196 Å². The number of carbonyl (C=O) groups is 1. The third-order valence-electron chi connectivity index (χ3n) is 6.79. The highest BCUT2D eigenvalue weighted by Gasteiger charge is 2.33. The molecule has 0 bridgehead atoms. The van der Waals surface area contributed by atoms with Gasteiger partial charge in [-0.15, -0.1) is 11.3 Å². The number of aryl methyl sites for hydroxylation is 2. The van der Waals surface area contributed by atoms with Crippen LogP contribution in [0, 0.1) is 0 Å². The van der Waals surface area contributed by atoms with Crippen molar-refractivity contribution in [3.8, 4) is 5.88 Å². The summed E-state index contributed by atoms with van der Waals surface area (Å²) in [5.41, 5.74) is 1.89. The quantitative estimate of drug-likeness (QED) is 0.535. The Morgan fingerprint density at radius 2 is 2.06 bits per heavy atom. The lowest BCUT2D eigenvalue weighted by atomic mass is 9.92. The van der Waals surface area contributed by atoms with E-state index in [1.165, 1.54) is 4.88 Å². The van der Waals surface area contributed by atoms with Crippen LogP contribution in [0.3, 0.4) is 0 Å². The molecule has 176 valence electrons. The molecule has 2 aliphatic carbocycles. The number of hydrogen-bond donors (Lipinski definition) is 2. The van der Waals surface area contributed by atoms with Gasteiger partial charge in [0.2, 0.25) is 11.8 Å². The van der Waals surface area contributed by atoms with E-state index in [4.69, 9.17) is 14.7 Å². The minimum Gasteiger partial charge on any atom is -0.481 e. The van der Waals surface area contributed by atoms with E-state index in [-0.39, 0.29) is 18.4 Å². The van der Waals surface area contributed by atoms with E-state index < -0.39 is 5.97 Å². The highest BCUT2D eigenvalue weighted by Crippen LogP contribution is 2.48. The zero-order valence-electron chi connectivity index (χ0n) is 19.2. The molecule has 3 heterocycles. The van der Waals surface area contributed by atoms with Gasteiger partial charge in [-0.25, -0.2) is 4.98 Å². The molecule has 5 rings (SSSR count). The molecule has 9 nitrogen and oxygen atoms in total. The fraction of sp³-hybridized carbons (Fsp3) is 0.565. The topological polar surface area (TPSA) is 105 Å². The second-order valence-corrected chi connectivity index (χ2v) is 10.4. The monoisotopic (exact) mass is 470 g/mol. The maximum Gasteiger partial charge on any atom is 0.303 e. The van der Waals surface area contributed by atoms with Gasteiger partial charge in [-0.05, 0) is 64.1 Å². The zero-order valence-corrected chi connectivity index (χ0v) is 20.1. The summed E-state index contributed by atoms with van der Waals surface area (Å²) >= 11 is 1.64. The first kappa shape index (κ1) is 22.1. The van der Waals surface area contributed by atoms with Gasteiger partial charge in [0.1, 0.15) is 10.9 Å². The van der Waals surface area contributed by atoms with Crippen LogP contribution in [0.1, 0.15) is 54.9 Å². The van der Waals surface area contributed by atoms with E-state index in [1.54, 1.807) is 22.2 Å². The first-order chi connectivity index (χ1) is 15.9. The average Bonchev–Trinajstić information content (AvgIpc) is 3.44. The molecule has 2 aliphatic rings. The SMILES string of the molecule is CN(C)C1CCC(Oc2nc(Nc3cnn(C)c3)nc3sc4c(c23)C(CC(=O)O)CC4)CC1. The molecule has 0 saturated heterocycles. The van der Waals surface area contributed by atoms with Gasteiger partial charge in [0.25, 0.3) is 0 Å². The number of thiophene rings is 1. The van der Waals surface area contributed by atoms with Gasteiger partial charge in [0.15, 0.2) is 0 Å². The van der Waals surface area contributed by atoms with Crippen molar-refractivity contribution in [3.63, 3.8) is 0 Å². The smallest absolute Gasteiger partial charge is 0.303 e. The molecule has 3 aromatic rings. The predicted molar refractivity (Wildman–Crippen MR) is 128 cm³/mol. The molecule has 0 aliphatic heterocycles. The molecule has 33 heavy (non-hydrogen) atoms. The average molecular weight is 471 g/mol. The van der Waals surface area contributed by atoms with E-state index in [0.717, 1.165) is 60.0 Å². The standard InChI is InChI=1S/C23H30N6O3S/c1-28(2)15-5-7-16(8-6-15)32-21-20-19-13(10-18(30)31)4-9-17(19)33-22(20)27-23(26-21)25-14-11-24-29(3)12-14/h11-13,15-16H,4-10H2,1-3H3,(H,30,31)(H,25,26,27). The first-order valence-corrected chi connectivity index (χ1v) is 12.3. The number of nitrogens with one attached hydrogen (secondary N) is 1. The number of fused-ring (bicyclic) bond motifs is 3. The molecule has 1 fully saturated rings. The van der Waals surface area contributed by atoms with Gasteiger partial charge in [-0.2, -0.15) is 10.1 Å². The number of carboxylic acid groups (broad SMARTS) is 1. The van der Waals surface area contributed by atoms with Crippen molar-refractivity contribution in [2.24, 2.45) is 7.05 Å². The minimum atomic E-state index is -0.771. The Hall–Kier alpha value is -2.72. The van der Waals surface area contributed by atoms with Crippen LogP contribution in [0.2, 0.25) is 0 Å². The first-order valence-electron chi connectivity index (χ1n) is 11.5. The minimum absolute atomic E-state index is 0.0150. The highest BCUT2D eigenvalue weighted by molar-refractivity contribution is 7.19. The van der Waals surface area contributed by atoms with Crippen molar-refractivity contribution < 1.29 is 14.6 Å². The molecule has 1 atom stereocenters. The second kappa shape index (κ2) is 8.90. The van der Waals surface area contributed by atoms with Crippen LogP contribution in [0.4, 0.5) is 11.6 Å². The number of anilines is 2. The van der Waals surface area contributed by atoms with Gasteiger partial charge >= 0.3 is 5.97 Å². The van der Waals surface area contributed by atoms with Crippen LogP contribution in [0.15, 0.2) is 12.4 Å². The molecule has 2 N–H and O–H groups in total. The number of hydrogen-bond acceptors (Lipinski definition) is 8. The molecular formula is C23H30N6O3S. The van der Waals surface area contributed by atoms with Crippen LogP contribution in [-0.4, -0.2) is 62.0 Å². The molecule has 0 spiro atoms. The molecule has 0 radical (unpaired) electrons. The van der Waals surface area contributed by atoms with Crippen LogP contribution in [-0.2, 0) is 18.3 Å². The maximum atomic E-state index is 11.5. The summed E-state index contributed by atoms with van der Waals surface area (Å²) in [6.07, 6.45) is 9.70. The van der Waals surface area contributed by atoms with E-state index in [9.17, 15) is 9.90 Å². The van der Waals surface area contributed by atoms with Gasteiger partial charge in [0.05, 0.1) is 23.7 Å². The Bertz CT molecular complexity index is 1160. The van der Waals surface area contributed by atoms with Crippen LogP contribution in [0.5, 0.6) is 5.88 Å². The van der Waals surface area contributed by atoms with Crippen LogP contribution >= 0.6 is 11.3 Å². The second-order valence-electron chi connectivity index (χ2n) is 9.34. The van der Waals surface area contributed by atoms with Crippen molar-refractivity contribution in [2.45, 2.75) is 63.0 Å². The van der Waals surface area contributed by atoms with E-state index in [1.807, 2.05) is 13.2 Å². The third kappa shape index (κ3) is 4.54. The van der Waals surface area contributed by atoms with Gasteiger partial charge < -0.3 is 20.1 Å². The predicted octanol–water partition coefficient (Wildman–Crippen LogP) is 3.92. The molecule has 3 aromatic heterocycles. The van der Waals surface area contributed by atoms with Crippen molar-refractivity contribution in [1.29, 1.82) is 0 Å². The number of rotatable bonds is 7. The fourth-order valence-corrected chi connectivity index (χ4v) is 6.37. The summed E-state index contributed by atoms with van der Waals surface area (Å²) < 4.78 is 8.27. The summed E-state index contributed by atoms with van der Waals surface area (Å²) in [5, 5.41) is 17.8. The Morgan fingerprint density at radius 3 is 2.73 bits per heavy atom. The molecule has 10 heteroatoms. The van der Waals surface area contributed by atoms with E-state index in [2.05, 4.69) is 29.4 Å². The van der Waals surface area contributed by atoms with Crippen molar-refractivity contribution in [1.82, 2.24) is 24.6 Å². The van der Waals surface area contributed by atoms with Crippen molar-refractivity contribution in [2.75, 3.05) is 19.4 Å². The number of aromatic nitrogens is 4. The Kier molecular flexibility index (Phi) is 5.96. The molecule has 0 aromatic carbocycles. The highest BCUT2D eigenvalue weighted by atomic mass is 32.1. The normalized spacial score (nSPS) is 22.6. The van der Waals surface area contributed by atoms with Crippen LogP contribution < -0.4 is 10.1 Å². The number of carboxylic acids is 1. The zero-order chi connectivity index (χ0) is 23.1. The summed E-state index contributed by atoms with van der Waals surface area (Å²) in [6.45, 7) is 0. The fourth-order valence-electron chi connectivity index (χ4n) is 5.11. The lowest BCUT2D eigenvalue weighted by molar-refractivity contribution is -0.137. The van der Waals surface area contributed by atoms with Gasteiger partial charge in [0, 0.05) is 24.2 Å².